The van der Waals surface area contributed by atoms with E-state index in [1.165, 1.54) is 0 Å². The highest BCUT2D eigenvalue weighted by Gasteiger charge is 2.02. The van der Waals surface area contributed by atoms with Crippen LogP contribution >= 0.6 is 0 Å². The minimum atomic E-state index is 0.101. The molecule has 6 N–H and O–H groups in total. The van der Waals surface area contributed by atoms with Crippen molar-refractivity contribution in [2.45, 2.75) is 0 Å². The molecule has 90 valence electrons. The fourth-order valence-electron chi connectivity index (χ4n) is 1.42. The number of anilines is 4. The number of nitrogens with one attached hydrogen (secondary N) is 2. The van der Waals surface area contributed by atoms with Gasteiger partial charge >= 0.3 is 0 Å². The van der Waals surface area contributed by atoms with Crippen molar-refractivity contribution in [2.24, 2.45) is 5.84 Å². The number of nitrogen functional groups attached to an aromatic ring is 2. The number of nitrogens with two attached hydrogens (primary N) is 2. The second-order valence-corrected chi connectivity index (χ2v) is 3.46. The summed E-state index contributed by atoms with van der Waals surface area (Å²) in [6, 6.07) is 10.7. The second kappa shape index (κ2) is 4.99. The molecule has 0 saturated carbocycles. The predicted octanol–water partition coefficient (Wildman–Crippen LogP) is 0.960. The summed E-state index contributed by atoms with van der Waals surface area (Å²) in [7, 11) is 0. The summed E-state index contributed by atoms with van der Waals surface area (Å²) in [6.45, 7) is 0. The molecule has 0 bridgehead atoms. The van der Waals surface area contributed by atoms with Gasteiger partial charge in [-0.05, 0) is 18.2 Å². The quantitative estimate of drug-likeness (QED) is 0.465. The highest BCUT2D eigenvalue weighted by molar-refractivity contribution is 5.61. The number of rotatable bonds is 3. The largest absolute Gasteiger partial charge is 0.368 e. The molecule has 7 nitrogen and oxygen atoms in total. The lowest BCUT2D eigenvalue weighted by Gasteiger charge is -2.08. The van der Waals surface area contributed by atoms with Crippen LogP contribution < -0.4 is 22.3 Å². The van der Waals surface area contributed by atoms with E-state index in [0.717, 1.165) is 5.69 Å². The van der Waals surface area contributed by atoms with Crippen LogP contribution in [0.15, 0.2) is 30.3 Å². The van der Waals surface area contributed by atoms with Gasteiger partial charge < -0.3 is 16.5 Å². The molecule has 1 heterocycles. The second-order valence-electron chi connectivity index (χ2n) is 3.46. The van der Waals surface area contributed by atoms with Gasteiger partial charge in [-0.1, -0.05) is 6.07 Å². The molecule has 0 aliphatic heterocycles. The molecule has 18 heavy (non-hydrogen) atoms. The number of nitriles is 1. The summed E-state index contributed by atoms with van der Waals surface area (Å²) in [5, 5.41) is 11.8. The first-order chi connectivity index (χ1) is 8.71. The van der Waals surface area contributed by atoms with Gasteiger partial charge in [0.1, 0.15) is 11.6 Å². The molecular weight excluding hydrogens is 230 g/mol. The van der Waals surface area contributed by atoms with Crippen LogP contribution in [0, 0.1) is 11.3 Å². The lowest BCUT2D eigenvalue weighted by Crippen LogP contribution is -2.11. The number of hydrogen-bond acceptors (Lipinski definition) is 7. The molecule has 2 rings (SSSR count). The topological polar surface area (TPSA) is 126 Å². The van der Waals surface area contributed by atoms with E-state index in [1.54, 1.807) is 24.3 Å². The minimum Gasteiger partial charge on any atom is -0.368 e. The van der Waals surface area contributed by atoms with Gasteiger partial charge in [0.05, 0.1) is 11.6 Å². The van der Waals surface area contributed by atoms with Gasteiger partial charge in [0.2, 0.25) is 5.95 Å². The van der Waals surface area contributed by atoms with Crippen molar-refractivity contribution in [3.63, 3.8) is 0 Å². The standard InChI is InChI=1S/C11H11N7/c12-6-7-2-1-3-8(4-7)15-9-5-10(18-14)17-11(13)16-9/h1-5H,14H2,(H4,13,15,16,17,18). The summed E-state index contributed by atoms with van der Waals surface area (Å²) >= 11 is 0. The van der Waals surface area contributed by atoms with Crippen molar-refractivity contribution < 1.29 is 0 Å². The molecule has 2 aromatic rings. The molecule has 0 fully saturated rings. The van der Waals surface area contributed by atoms with Gasteiger partial charge in [0.25, 0.3) is 0 Å². The fourth-order valence-corrected chi connectivity index (χ4v) is 1.42. The van der Waals surface area contributed by atoms with Crippen LogP contribution in [-0.2, 0) is 0 Å². The third kappa shape index (κ3) is 2.63. The molecule has 0 aliphatic rings. The molecule has 0 spiro atoms. The first kappa shape index (κ1) is 11.6. The monoisotopic (exact) mass is 241 g/mol. The van der Waals surface area contributed by atoms with E-state index >= 15 is 0 Å². The minimum absolute atomic E-state index is 0.101. The van der Waals surface area contributed by atoms with E-state index in [0.29, 0.717) is 17.2 Å². The van der Waals surface area contributed by atoms with Gasteiger partial charge in [-0.3, -0.25) is 0 Å². The van der Waals surface area contributed by atoms with Crippen molar-refractivity contribution in [1.82, 2.24) is 9.97 Å². The van der Waals surface area contributed by atoms with Crippen LogP contribution in [-0.4, -0.2) is 9.97 Å². The summed E-state index contributed by atoms with van der Waals surface area (Å²) in [5.74, 6) is 6.26. The van der Waals surface area contributed by atoms with Crippen LogP contribution in [0.3, 0.4) is 0 Å². The van der Waals surface area contributed by atoms with E-state index in [2.05, 4.69) is 26.8 Å². The Balaban J connectivity index is 2.28. The Bertz CT molecular complexity index is 603. The zero-order chi connectivity index (χ0) is 13.0. The first-order valence-corrected chi connectivity index (χ1v) is 5.09. The van der Waals surface area contributed by atoms with Gasteiger partial charge in [-0.2, -0.15) is 15.2 Å². The number of aromatic nitrogens is 2. The van der Waals surface area contributed by atoms with Gasteiger partial charge in [0, 0.05) is 11.8 Å². The van der Waals surface area contributed by atoms with E-state index in [9.17, 15) is 0 Å². The normalized spacial score (nSPS) is 9.56. The van der Waals surface area contributed by atoms with E-state index in [-0.39, 0.29) is 5.95 Å². The Kier molecular flexibility index (Phi) is 3.22. The van der Waals surface area contributed by atoms with Crippen LogP contribution in [0.4, 0.5) is 23.3 Å². The average Bonchev–Trinajstić information content (AvgIpc) is 2.38. The lowest BCUT2D eigenvalue weighted by atomic mass is 10.2. The Morgan fingerprint density at radius 2 is 1.94 bits per heavy atom. The Morgan fingerprint density at radius 3 is 2.67 bits per heavy atom. The Morgan fingerprint density at radius 1 is 1.17 bits per heavy atom. The number of benzene rings is 1. The number of hydrazine groups is 1. The van der Waals surface area contributed by atoms with Crippen molar-refractivity contribution in [3.8, 4) is 6.07 Å². The van der Waals surface area contributed by atoms with Crippen LogP contribution in [0.25, 0.3) is 0 Å². The summed E-state index contributed by atoms with van der Waals surface area (Å²) in [5.41, 5.74) is 9.21. The SMILES string of the molecule is N#Cc1cccc(Nc2cc(NN)nc(N)n2)c1. The molecule has 0 aliphatic carbocycles. The average molecular weight is 241 g/mol. The van der Waals surface area contributed by atoms with E-state index in [4.69, 9.17) is 16.8 Å². The molecule has 0 unspecified atom stereocenters. The van der Waals surface area contributed by atoms with Gasteiger partial charge in [0.15, 0.2) is 0 Å². The molecule has 0 saturated heterocycles. The highest BCUT2D eigenvalue weighted by atomic mass is 15.3. The fraction of sp³-hybridized carbons (Fsp3) is 0. The third-order valence-electron chi connectivity index (χ3n) is 2.16. The molecule has 1 aromatic heterocycles. The predicted molar refractivity (Wildman–Crippen MR) is 68.7 cm³/mol. The van der Waals surface area contributed by atoms with Crippen LogP contribution in [0.2, 0.25) is 0 Å². The summed E-state index contributed by atoms with van der Waals surface area (Å²) < 4.78 is 0. The maximum atomic E-state index is 8.80. The Labute approximate surface area is 103 Å². The molecule has 0 radical (unpaired) electrons. The van der Waals surface area contributed by atoms with Crippen LogP contribution in [0.1, 0.15) is 5.56 Å². The molecule has 0 atom stereocenters. The Hall–Kier alpha value is -2.85. The molecular formula is C11H11N7. The van der Waals surface area contributed by atoms with E-state index in [1.807, 2.05) is 6.07 Å². The third-order valence-corrected chi connectivity index (χ3v) is 2.16. The smallest absolute Gasteiger partial charge is 0.223 e. The van der Waals surface area contributed by atoms with Crippen molar-refractivity contribution >= 4 is 23.3 Å². The zero-order valence-electron chi connectivity index (χ0n) is 9.38. The van der Waals surface area contributed by atoms with Crippen molar-refractivity contribution in [3.05, 3.63) is 35.9 Å². The first-order valence-electron chi connectivity index (χ1n) is 5.09. The maximum absolute atomic E-state index is 8.80. The summed E-state index contributed by atoms with van der Waals surface area (Å²) in [4.78, 5) is 7.88. The van der Waals surface area contributed by atoms with Crippen molar-refractivity contribution in [2.75, 3.05) is 16.5 Å². The van der Waals surface area contributed by atoms with Gasteiger partial charge in [-0.15, -0.1) is 0 Å². The highest BCUT2D eigenvalue weighted by Crippen LogP contribution is 2.18. The number of hydrogen-bond donors (Lipinski definition) is 4. The maximum Gasteiger partial charge on any atom is 0.223 e. The van der Waals surface area contributed by atoms with Gasteiger partial charge in [-0.25, -0.2) is 5.84 Å². The lowest BCUT2D eigenvalue weighted by molar-refractivity contribution is 1.15. The van der Waals surface area contributed by atoms with Crippen molar-refractivity contribution in [1.29, 1.82) is 5.26 Å². The summed E-state index contributed by atoms with van der Waals surface area (Å²) in [6.07, 6.45) is 0. The van der Waals surface area contributed by atoms with E-state index < -0.39 is 0 Å². The molecule has 1 aromatic carbocycles. The zero-order valence-corrected chi connectivity index (χ0v) is 9.38. The number of nitrogens with zero attached hydrogens (tertiary/aromatic N) is 3. The molecule has 7 heteroatoms. The molecule has 0 amide bonds. The van der Waals surface area contributed by atoms with Crippen LogP contribution in [0.5, 0.6) is 0 Å².